The molecule has 130 valence electrons. The molecule has 0 N–H and O–H groups in total. The Balaban J connectivity index is 1.54. The number of hydrogen-bond acceptors (Lipinski definition) is 4. The number of ether oxygens (including phenoxy) is 4. The molecular formula is C20H26O4. The summed E-state index contributed by atoms with van der Waals surface area (Å²) in [7, 11) is 0. The molecule has 0 saturated carbocycles. The highest BCUT2D eigenvalue weighted by atomic mass is 16.7. The largest absolute Gasteiger partial charge is 0.462 e. The van der Waals surface area contributed by atoms with Crippen LogP contribution in [-0.2, 0) is 22.3 Å². The first kappa shape index (κ1) is 15.0. The zero-order chi connectivity index (χ0) is 16.7. The van der Waals surface area contributed by atoms with E-state index in [2.05, 4.69) is 39.8 Å². The van der Waals surface area contributed by atoms with Gasteiger partial charge in [0.15, 0.2) is 0 Å². The standard InChI is InChI=1S/C20H26O4/c1-11-9-21-19(3)15(11)6-13-5-14-7-16-12(2)10-22-20(16,4)24-18(14)8-17(13)23-19/h5,8,11-12,15-16H,6-7,9-10H2,1-4H3/t11-,12+,15-,16+,19-,20+. The van der Waals surface area contributed by atoms with Crippen LogP contribution in [0.15, 0.2) is 12.1 Å². The third-order valence-corrected chi connectivity index (χ3v) is 6.74. The van der Waals surface area contributed by atoms with Crippen LogP contribution in [0.3, 0.4) is 0 Å². The molecule has 2 saturated heterocycles. The molecule has 0 aromatic heterocycles. The SMILES string of the molecule is C[C@@H]1CO[C@]2(C)Oc3cc4c(cc3C[C@H]12)C[C@H]1[C@@H](C)CO[C@@]1(C)O4. The van der Waals surface area contributed by atoms with Crippen LogP contribution in [0.5, 0.6) is 11.5 Å². The zero-order valence-electron chi connectivity index (χ0n) is 14.9. The van der Waals surface area contributed by atoms with Crippen LogP contribution in [0, 0.1) is 23.7 Å². The molecule has 5 rings (SSSR count). The van der Waals surface area contributed by atoms with Gasteiger partial charge in [-0.05, 0) is 41.9 Å². The molecule has 4 aliphatic rings. The van der Waals surface area contributed by atoms with Gasteiger partial charge < -0.3 is 18.9 Å². The summed E-state index contributed by atoms with van der Waals surface area (Å²) in [5.74, 6) is 2.73. The van der Waals surface area contributed by atoms with Crippen LogP contribution >= 0.6 is 0 Å². The van der Waals surface area contributed by atoms with Gasteiger partial charge in [0, 0.05) is 31.7 Å². The van der Waals surface area contributed by atoms with Crippen molar-refractivity contribution in [1.29, 1.82) is 0 Å². The van der Waals surface area contributed by atoms with E-state index in [0.29, 0.717) is 23.7 Å². The van der Waals surface area contributed by atoms with Gasteiger partial charge in [-0.1, -0.05) is 13.8 Å². The van der Waals surface area contributed by atoms with E-state index in [-0.39, 0.29) is 0 Å². The Morgan fingerprint density at radius 2 is 1.25 bits per heavy atom. The number of fused-ring (bicyclic) bond motifs is 4. The third kappa shape index (κ3) is 1.93. The summed E-state index contributed by atoms with van der Waals surface area (Å²) in [5.41, 5.74) is 2.60. The fourth-order valence-corrected chi connectivity index (χ4v) is 5.13. The van der Waals surface area contributed by atoms with Crippen molar-refractivity contribution < 1.29 is 18.9 Å². The maximum atomic E-state index is 6.30. The van der Waals surface area contributed by atoms with E-state index in [0.717, 1.165) is 37.6 Å². The average molecular weight is 330 g/mol. The smallest absolute Gasteiger partial charge is 0.211 e. The first-order valence-electron chi connectivity index (χ1n) is 9.20. The Hall–Kier alpha value is -1.26. The van der Waals surface area contributed by atoms with E-state index in [4.69, 9.17) is 18.9 Å². The normalized spacial score (nSPS) is 45.5. The van der Waals surface area contributed by atoms with E-state index >= 15 is 0 Å². The second-order valence-electron chi connectivity index (χ2n) is 8.50. The van der Waals surface area contributed by atoms with Crippen molar-refractivity contribution in [2.24, 2.45) is 23.7 Å². The van der Waals surface area contributed by atoms with E-state index in [1.807, 2.05) is 0 Å². The molecule has 0 spiro atoms. The van der Waals surface area contributed by atoms with Crippen molar-refractivity contribution in [3.8, 4) is 11.5 Å². The molecule has 6 atom stereocenters. The minimum Gasteiger partial charge on any atom is -0.462 e. The van der Waals surface area contributed by atoms with Crippen molar-refractivity contribution in [3.05, 3.63) is 23.3 Å². The van der Waals surface area contributed by atoms with Gasteiger partial charge in [-0.15, -0.1) is 0 Å². The van der Waals surface area contributed by atoms with Crippen molar-refractivity contribution in [2.45, 2.75) is 52.1 Å². The van der Waals surface area contributed by atoms with Crippen LogP contribution < -0.4 is 9.47 Å². The van der Waals surface area contributed by atoms with E-state index in [1.165, 1.54) is 11.1 Å². The zero-order valence-corrected chi connectivity index (χ0v) is 14.9. The van der Waals surface area contributed by atoms with Crippen LogP contribution in [0.25, 0.3) is 0 Å². The molecule has 2 fully saturated rings. The monoisotopic (exact) mass is 330 g/mol. The molecular weight excluding hydrogens is 304 g/mol. The molecule has 0 radical (unpaired) electrons. The minimum atomic E-state index is -0.500. The highest BCUT2D eigenvalue weighted by Crippen LogP contribution is 2.51. The highest BCUT2D eigenvalue weighted by Gasteiger charge is 2.52. The van der Waals surface area contributed by atoms with Gasteiger partial charge in [-0.3, -0.25) is 0 Å². The summed E-state index contributed by atoms with van der Waals surface area (Å²) in [5, 5.41) is 0. The lowest BCUT2D eigenvalue weighted by Crippen LogP contribution is -2.45. The number of benzene rings is 1. The van der Waals surface area contributed by atoms with E-state index in [9.17, 15) is 0 Å². The van der Waals surface area contributed by atoms with Gasteiger partial charge >= 0.3 is 0 Å². The Labute approximate surface area is 143 Å². The van der Waals surface area contributed by atoms with E-state index in [1.54, 1.807) is 0 Å². The molecule has 0 aliphatic carbocycles. The predicted molar refractivity (Wildman–Crippen MR) is 89.1 cm³/mol. The van der Waals surface area contributed by atoms with Gasteiger partial charge in [-0.2, -0.15) is 0 Å². The fraction of sp³-hybridized carbons (Fsp3) is 0.700. The molecule has 1 aromatic rings. The Morgan fingerprint density at radius 3 is 1.71 bits per heavy atom. The molecule has 24 heavy (non-hydrogen) atoms. The van der Waals surface area contributed by atoms with Crippen LogP contribution in [0.2, 0.25) is 0 Å². The summed E-state index contributed by atoms with van der Waals surface area (Å²) in [6, 6.07) is 4.37. The first-order chi connectivity index (χ1) is 11.4. The number of hydrogen-bond donors (Lipinski definition) is 0. The summed E-state index contributed by atoms with van der Waals surface area (Å²) in [6.07, 6.45) is 2.04. The quantitative estimate of drug-likeness (QED) is 0.729. The maximum absolute atomic E-state index is 6.30. The second-order valence-corrected chi connectivity index (χ2v) is 8.50. The maximum Gasteiger partial charge on any atom is 0.211 e. The minimum absolute atomic E-state index is 0.423. The van der Waals surface area contributed by atoms with Crippen molar-refractivity contribution >= 4 is 0 Å². The molecule has 0 amide bonds. The molecule has 4 aliphatic heterocycles. The summed E-state index contributed by atoms with van der Waals surface area (Å²) < 4.78 is 24.6. The molecule has 0 unspecified atom stereocenters. The molecule has 0 bridgehead atoms. The highest BCUT2D eigenvalue weighted by molar-refractivity contribution is 5.50. The van der Waals surface area contributed by atoms with Gasteiger partial charge in [0.05, 0.1) is 13.2 Å². The lowest BCUT2D eigenvalue weighted by Gasteiger charge is -2.41. The van der Waals surface area contributed by atoms with Gasteiger partial charge in [0.25, 0.3) is 0 Å². The Kier molecular flexibility index (Phi) is 2.93. The molecule has 1 aromatic carbocycles. The topological polar surface area (TPSA) is 36.9 Å². The van der Waals surface area contributed by atoms with Crippen molar-refractivity contribution in [3.63, 3.8) is 0 Å². The third-order valence-electron chi connectivity index (χ3n) is 6.74. The lowest BCUT2D eigenvalue weighted by atomic mass is 9.79. The summed E-state index contributed by atoms with van der Waals surface area (Å²) >= 11 is 0. The van der Waals surface area contributed by atoms with Gasteiger partial charge in [0.2, 0.25) is 11.6 Å². The fourth-order valence-electron chi connectivity index (χ4n) is 5.13. The summed E-state index contributed by atoms with van der Waals surface area (Å²) in [6.45, 7) is 10.2. The summed E-state index contributed by atoms with van der Waals surface area (Å²) in [4.78, 5) is 0. The molecule has 4 nitrogen and oxygen atoms in total. The molecule has 4 heterocycles. The lowest BCUT2D eigenvalue weighted by molar-refractivity contribution is -0.170. The molecule has 4 heteroatoms. The first-order valence-corrected chi connectivity index (χ1v) is 9.20. The number of rotatable bonds is 0. The van der Waals surface area contributed by atoms with Crippen LogP contribution in [0.1, 0.15) is 38.8 Å². The van der Waals surface area contributed by atoms with Crippen LogP contribution in [-0.4, -0.2) is 24.8 Å². The van der Waals surface area contributed by atoms with Crippen molar-refractivity contribution in [2.75, 3.05) is 13.2 Å². The Bertz CT molecular complexity index is 646. The predicted octanol–water partition coefficient (Wildman–Crippen LogP) is 3.55. The van der Waals surface area contributed by atoms with Gasteiger partial charge in [0.1, 0.15) is 11.5 Å². The van der Waals surface area contributed by atoms with Crippen molar-refractivity contribution in [1.82, 2.24) is 0 Å². The van der Waals surface area contributed by atoms with Crippen LogP contribution in [0.4, 0.5) is 0 Å². The Morgan fingerprint density at radius 1 is 0.792 bits per heavy atom. The van der Waals surface area contributed by atoms with Gasteiger partial charge in [-0.25, -0.2) is 0 Å². The second kappa shape index (κ2) is 4.67. The average Bonchev–Trinajstić information content (AvgIpc) is 2.98. The van der Waals surface area contributed by atoms with E-state index < -0.39 is 11.6 Å².